The van der Waals surface area contributed by atoms with Gasteiger partial charge in [0.15, 0.2) is 11.4 Å². The zero-order valence-electron chi connectivity index (χ0n) is 12.3. The number of halogens is 5. The molecule has 1 aliphatic heterocycles. The Morgan fingerprint density at radius 1 is 1.17 bits per heavy atom. The van der Waals surface area contributed by atoms with Crippen LogP contribution in [-0.4, -0.2) is 17.7 Å². The van der Waals surface area contributed by atoms with Crippen molar-refractivity contribution in [3.63, 3.8) is 0 Å². The average molecular weight is 412 g/mol. The number of hydrogen-bond acceptors (Lipinski definition) is 5. The van der Waals surface area contributed by atoms with E-state index in [4.69, 9.17) is 9.47 Å². The second-order valence-corrected chi connectivity index (χ2v) is 6.02. The van der Waals surface area contributed by atoms with E-state index < -0.39 is 46.5 Å². The zero-order chi connectivity index (χ0) is 18.3. The van der Waals surface area contributed by atoms with Crippen LogP contribution in [0.4, 0.5) is 23.2 Å². The number of benzene rings is 1. The van der Waals surface area contributed by atoms with Crippen LogP contribution in [0.15, 0.2) is 28.4 Å². The highest BCUT2D eigenvalue weighted by Crippen LogP contribution is 2.39. The lowest BCUT2D eigenvalue weighted by Crippen LogP contribution is -2.42. The van der Waals surface area contributed by atoms with E-state index in [1.807, 2.05) is 0 Å². The van der Waals surface area contributed by atoms with E-state index in [-0.39, 0.29) is 4.47 Å². The van der Waals surface area contributed by atoms with Crippen LogP contribution in [0.2, 0.25) is 0 Å². The van der Waals surface area contributed by atoms with E-state index in [0.29, 0.717) is 6.20 Å². The van der Waals surface area contributed by atoms with Crippen LogP contribution in [0.25, 0.3) is 0 Å². The Labute approximate surface area is 141 Å². The number of nitrogens with one attached hydrogen (secondary N) is 1. The SMILES string of the molecule is CC1(C)OC(=O)C(=CNc2ccc(Br)c(F)c2C(F)(F)F)C(=O)O1. The van der Waals surface area contributed by atoms with Gasteiger partial charge in [0.1, 0.15) is 5.56 Å². The summed E-state index contributed by atoms with van der Waals surface area (Å²) in [4.78, 5) is 23.4. The van der Waals surface area contributed by atoms with E-state index >= 15 is 0 Å². The summed E-state index contributed by atoms with van der Waals surface area (Å²) in [7, 11) is 0. The Hall–Kier alpha value is -2.10. The van der Waals surface area contributed by atoms with E-state index in [1.54, 1.807) is 0 Å². The monoisotopic (exact) mass is 411 g/mol. The Morgan fingerprint density at radius 2 is 1.71 bits per heavy atom. The summed E-state index contributed by atoms with van der Waals surface area (Å²) < 4.78 is 62.0. The number of carbonyl (C=O) groups excluding carboxylic acids is 2. The maximum absolute atomic E-state index is 13.8. The molecule has 1 aromatic carbocycles. The van der Waals surface area contributed by atoms with Gasteiger partial charge in [-0.15, -0.1) is 0 Å². The van der Waals surface area contributed by atoms with E-state index in [9.17, 15) is 27.2 Å². The number of hydrogen-bond donors (Lipinski definition) is 1. The van der Waals surface area contributed by atoms with Gasteiger partial charge >= 0.3 is 18.1 Å². The molecule has 1 fully saturated rings. The van der Waals surface area contributed by atoms with Crippen molar-refractivity contribution in [2.75, 3.05) is 5.32 Å². The zero-order valence-corrected chi connectivity index (χ0v) is 13.8. The molecule has 1 aromatic rings. The minimum Gasteiger partial charge on any atom is -0.419 e. The maximum Gasteiger partial charge on any atom is 0.421 e. The van der Waals surface area contributed by atoms with Gasteiger partial charge in [0, 0.05) is 20.0 Å². The smallest absolute Gasteiger partial charge is 0.419 e. The highest BCUT2D eigenvalue weighted by atomic mass is 79.9. The van der Waals surface area contributed by atoms with Crippen molar-refractivity contribution in [2.24, 2.45) is 0 Å². The summed E-state index contributed by atoms with van der Waals surface area (Å²) in [6.45, 7) is 2.64. The molecule has 0 bridgehead atoms. The van der Waals surface area contributed by atoms with Gasteiger partial charge in [-0.3, -0.25) is 0 Å². The average Bonchev–Trinajstić information content (AvgIpc) is 2.38. The number of ether oxygens (including phenoxy) is 2. The van der Waals surface area contributed by atoms with Crippen LogP contribution in [0.1, 0.15) is 19.4 Å². The van der Waals surface area contributed by atoms with E-state index in [1.165, 1.54) is 13.8 Å². The molecular formula is C14H10BrF4NO4. The molecule has 0 amide bonds. The third-order valence-electron chi connectivity index (χ3n) is 2.87. The van der Waals surface area contributed by atoms with Gasteiger partial charge in [-0.05, 0) is 28.1 Å². The first-order valence-corrected chi connectivity index (χ1v) is 7.20. The molecule has 130 valence electrons. The molecule has 0 spiro atoms. The molecule has 0 unspecified atom stereocenters. The molecule has 0 saturated carbocycles. The molecule has 24 heavy (non-hydrogen) atoms. The molecular weight excluding hydrogens is 402 g/mol. The molecule has 0 aromatic heterocycles. The molecule has 0 radical (unpaired) electrons. The molecule has 10 heteroatoms. The van der Waals surface area contributed by atoms with Crippen LogP contribution < -0.4 is 5.32 Å². The standard InChI is InChI=1S/C14H10BrF4NO4/c1-13(2)23-11(21)6(12(22)24-13)5-20-8-4-3-7(15)10(16)9(8)14(17,18)19/h3-5,20H,1-2H3. The third kappa shape index (κ3) is 3.69. The van der Waals surface area contributed by atoms with Crippen LogP contribution in [0.3, 0.4) is 0 Å². The Bertz CT molecular complexity index is 721. The fraction of sp³-hybridized carbons (Fsp3) is 0.286. The van der Waals surface area contributed by atoms with Crippen molar-refractivity contribution in [1.82, 2.24) is 0 Å². The predicted molar refractivity (Wildman–Crippen MR) is 77.1 cm³/mol. The Balaban J connectivity index is 2.38. The molecule has 1 saturated heterocycles. The summed E-state index contributed by atoms with van der Waals surface area (Å²) in [6.07, 6.45) is -4.32. The third-order valence-corrected chi connectivity index (χ3v) is 3.48. The van der Waals surface area contributed by atoms with Crippen LogP contribution in [0, 0.1) is 5.82 Å². The largest absolute Gasteiger partial charge is 0.421 e. The Morgan fingerprint density at radius 3 is 2.21 bits per heavy atom. The first-order chi connectivity index (χ1) is 10.9. The lowest BCUT2D eigenvalue weighted by atomic mass is 10.1. The van der Waals surface area contributed by atoms with E-state index in [2.05, 4.69) is 21.2 Å². The van der Waals surface area contributed by atoms with Crippen molar-refractivity contribution in [2.45, 2.75) is 25.8 Å². The van der Waals surface area contributed by atoms with Crippen LogP contribution >= 0.6 is 15.9 Å². The quantitative estimate of drug-likeness (QED) is 0.347. The molecule has 0 aliphatic carbocycles. The summed E-state index contributed by atoms with van der Waals surface area (Å²) in [5, 5.41) is 2.10. The number of cyclic esters (lactones) is 2. The summed E-state index contributed by atoms with van der Waals surface area (Å²) in [5.41, 5.74) is -2.90. The lowest BCUT2D eigenvalue weighted by molar-refractivity contribution is -0.222. The van der Waals surface area contributed by atoms with Crippen molar-refractivity contribution in [3.8, 4) is 0 Å². The summed E-state index contributed by atoms with van der Waals surface area (Å²) >= 11 is 2.67. The lowest BCUT2D eigenvalue weighted by Gasteiger charge is -2.29. The summed E-state index contributed by atoms with van der Waals surface area (Å²) in [5.74, 6) is -5.16. The molecule has 1 aliphatic rings. The minimum absolute atomic E-state index is 0.383. The van der Waals surface area contributed by atoms with Gasteiger partial charge in [0.2, 0.25) is 0 Å². The van der Waals surface area contributed by atoms with Crippen molar-refractivity contribution >= 4 is 33.6 Å². The number of anilines is 1. The van der Waals surface area contributed by atoms with Gasteiger partial charge in [-0.1, -0.05) is 0 Å². The number of alkyl halides is 3. The van der Waals surface area contributed by atoms with Crippen molar-refractivity contribution in [1.29, 1.82) is 0 Å². The molecule has 1 heterocycles. The highest BCUT2D eigenvalue weighted by molar-refractivity contribution is 9.10. The van der Waals surface area contributed by atoms with Crippen molar-refractivity contribution in [3.05, 3.63) is 39.8 Å². The van der Waals surface area contributed by atoms with Gasteiger partial charge in [0.25, 0.3) is 5.79 Å². The fourth-order valence-electron chi connectivity index (χ4n) is 1.88. The molecule has 1 N–H and O–H groups in total. The maximum atomic E-state index is 13.8. The molecule has 0 atom stereocenters. The van der Waals surface area contributed by atoms with Crippen molar-refractivity contribution < 1.29 is 36.6 Å². The van der Waals surface area contributed by atoms with Gasteiger partial charge in [-0.2, -0.15) is 13.2 Å². The second-order valence-electron chi connectivity index (χ2n) is 5.16. The van der Waals surface area contributed by atoms with Crippen LogP contribution in [0.5, 0.6) is 0 Å². The number of rotatable bonds is 2. The predicted octanol–water partition coefficient (Wildman–Crippen LogP) is 3.74. The minimum atomic E-state index is -5.00. The first-order valence-electron chi connectivity index (χ1n) is 6.41. The van der Waals surface area contributed by atoms with E-state index in [0.717, 1.165) is 12.1 Å². The molecule has 5 nitrogen and oxygen atoms in total. The second kappa shape index (κ2) is 6.08. The van der Waals surface area contributed by atoms with Crippen LogP contribution in [-0.2, 0) is 25.2 Å². The normalized spacial score (nSPS) is 17.2. The fourth-order valence-corrected chi connectivity index (χ4v) is 2.21. The highest BCUT2D eigenvalue weighted by Gasteiger charge is 2.40. The van der Waals surface area contributed by atoms with Gasteiger partial charge < -0.3 is 14.8 Å². The Kier molecular flexibility index (Phi) is 4.62. The summed E-state index contributed by atoms with van der Waals surface area (Å²) in [6, 6.07) is 1.99. The number of esters is 2. The topological polar surface area (TPSA) is 64.6 Å². The van der Waals surface area contributed by atoms with Gasteiger partial charge in [0.05, 0.1) is 10.2 Å². The number of carbonyl (C=O) groups is 2. The molecule has 2 rings (SSSR count). The first kappa shape index (κ1) is 18.2. The van der Waals surface area contributed by atoms with Gasteiger partial charge in [-0.25, -0.2) is 14.0 Å².